The number of hydrogen-bond donors (Lipinski definition) is 2. The van der Waals surface area contributed by atoms with E-state index < -0.39 is 10.0 Å². The lowest BCUT2D eigenvalue weighted by Crippen LogP contribution is -2.13. The Bertz CT molecular complexity index is 681. The van der Waals surface area contributed by atoms with Crippen molar-refractivity contribution in [3.8, 4) is 5.75 Å². The first-order valence-electron chi connectivity index (χ1n) is 4.88. The van der Waals surface area contributed by atoms with Crippen LogP contribution in [0.1, 0.15) is 0 Å². The van der Waals surface area contributed by atoms with Gasteiger partial charge in [0.25, 0.3) is 10.0 Å². The standard InChI is InChI=1S/C10H10ClN3O3S/c1-14-5-10(12-6-14)18(16,17)13-7-2-3-9(15)8(11)4-7/h2-6,13,15H,1H3. The highest BCUT2D eigenvalue weighted by Crippen LogP contribution is 2.27. The highest BCUT2D eigenvalue weighted by molar-refractivity contribution is 7.92. The molecule has 0 amide bonds. The lowest BCUT2D eigenvalue weighted by Gasteiger charge is -2.06. The van der Waals surface area contributed by atoms with Gasteiger partial charge in [-0.1, -0.05) is 11.6 Å². The maximum absolute atomic E-state index is 11.9. The zero-order valence-corrected chi connectivity index (χ0v) is 10.9. The third-order valence-electron chi connectivity index (χ3n) is 2.16. The highest BCUT2D eigenvalue weighted by Gasteiger charge is 2.17. The van der Waals surface area contributed by atoms with Gasteiger partial charge in [0.05, 0.1) is 17.0 Å². The Morgan fingerprint density at radius 1 is 1.44 bits per heavy atom. The molecule has 1 aromatic heterocycles. The van der Waals surface area contributed by atoms with E-state index in [-0.39, 0.29) is 21.5 Å². The minimum Gasteiger partial charge on any atom is -0.506 e. The number of nitrogens with zero attached hydrogens (tertiary/aromatic N) is 2. The molecular formula is C10H10ClN3O3S. The smallest absolute Gasteiger partial charge is 0.280 e. The predicted octanol–water partition coefficient (Wildman–Crippen LogP) is 1.58. The van der Waals surface area contributed by atoms with E-state index in [1.807, 2.05) is 0 Å². The van der Waals surface area contributed by atoms with E-state index >= 15 is 0 Å². The van der Waals surface area contributed by atoms with Crippen molar-refractivity contribution in [1.29, 1.82) is 0 Å². The molecule has 0 spiro atoms. The van der Waals surface area contributed by atoms with Gasteiger partial charge in [-0.15, -0.1) is 0 Å². The first-order valence-corrected chi connectivity index (χ1v) is 6.74. The quantitative estimate of drug-likeness (QED) is 0.840. The molecule has 0 atom stereocenters. The Morgan fingerprint density at radius 2 is 2.17 bits per heavy atom. The van der Waals surface area contributed by atoms with Gasteiger partial charge < -0.3 is 9.67 Å². The van der Waals surface area contributed by atoms with Crippen LogP contribution in [0.3, 0.4) is 0 Å². The summed E-state index contributed by atoms with van der Waals surface area (Å²) in [5.41, 5.74) is 0.253. The van der Waals surface area contributed by atoms with Gasteiger partial charge in [-0.25, -0.2) is 4.98 Å². The van der Waals surface area contributed by atoms with Crippen LogP contribution in [0.5, 0.6) is 5.75 Å². The topological polar surface area (TPSA) is 84.2 Å². The molecule has 0 aliphatic carbocycles. The van der Waals surface area contributed by atoms with E-state index in [4.69, 9.17) is 11.6 Å². The van der Waals surface area contributed by atoms with Crippen molar-refractivity contribution in [1.82, 2.24) is 9.55 Å². The van der Waals surface area contributed by atoms with Crippen molar-refractivity contribution in [2.24, 2.45) is 7.05 Å². The van der Waals surface area contributed by atoms with Crippen LogP contribution in [0.15, 0.2) is 35.7 Å². The van der Waals surface area contributed by atoms with E-state index in [1.54, 1.807) is 7.05 Å². The molecule has 0 aliphatic rings. The fourth-order valence-electron chi connectivity index (χ4n) is 1.31. The van der Waals surface area contributed by atoms with Crippen molar-refractivity contribution in [3.05, 3.63) is 35.7 Å². The summed E-state index contributed by atoms with van der Waals surface area (Å²) in [6.07, 6.45) is 2.77. The monoisotopic (exact) mass is 287 g/mol. The lowest BCUT2D eigenvalue weighted by atomic mass is 10.3. The second kappa shape index (κ2) is 4.51. The third kappa shape index (κ3) is 2.57. The second-order valence-corrected chi connectivity index (χ2v) is 5.69. The van der Waals surface area contributed by atoms with E-state index in [0.717, 1.165) is 0 Å². The van der Waals surface area contributed by atoms with Gasteiger partial charge in [0.1, 0.15) is 5.75 Å². The number of phenolic OH excluding ortho intramolecular Hbond substituents is 1. The number of nitrogens with one attached hydrogen (secondary N) is 1. The van der Waals surface area contributed by atoms with Gasteiger partial charge in [-0.3, -0.25) is 4.72 Å². The molecule has 0 saturated heterocycles. The van der Waals surface area contributed by atoms with Crippen molar-refractivity contribution < 1.29 is 13.5 Å². The Kier molecular flexibility index (Phi) is 3.18. The minimum atomic E-state index is -3.74. The molecule has 0 radical (unpaired) electrons. The average molecular weight is 288 g/mol. The van der Waals surface area contributed by atoms with Gasteiger partial charge in [0.15, 0.2) is 5.03 Å². The van der Waals surface area contributed by atoms with E-state index in [9.17, 15) is 13.5 Å². The fourth-order valence-corrected chi connectivity index (χ4v) is 2.52. The number of hydrogen-bond acceptors (Lipinski definition) is 4. The van der Waals surface area contributed by atoms with E-state index in [2.05, 4.69) is 9.71 Å². The number of aromatic hydroxyl groups is 1. The average Bonchev–Trinajstić information content (AvgIpc) is 2.71. The SMILES string of the molecule is Cn1cnc(S(=O)(=O)Nc2ccc(O)c(Cl)c2)c1. The molecule has 96 valence electrons. The number of aromatic nitrogens is 2. The summed E-state index contributed by atoms with van der Waals surface area (Å²) < 4.78 is 27.7. The number of benzene rings is 1. The van der Waals surface area contributed by atoms with Crippen LogP contribution < -0.4 is 4.72 Å². The maximum Gasteiger partial charge on any atom is 0.280 e. The molecule has 0 aliphatic heterocycles. The Labute approximate surface area is 109 Å². The Morgan fingerprint density at radius 3 is 2.72 bits per heavy atom. The fraction of sp³-hybridized carbons (Fsp3) is 0.100. The van der Waals surface area contributed by atoms with Crippen molar-refractivity contribution in [3.63, 3.8) is 0 Å². The number of rotatable bonds is 3. The summed E-state index contributed by atoms with van der Waals surface area (Å²) in [7, 11) is -2.07. The normalized spacial score (nSPS) is 11.4. The summed E-state index contributed by atoms with van der Waals surface area (Å²) >= 11 is 5.69. The molecule has 18 heavy (non-hydrogen) atoms. The molecule has 6 nitrogen and oxygen atoms in total. The lowest BCUT2D eigenvalue weighted by molar-refractivity contribution is 0.475. The summed E-state index contributed by atoms with van der Waals surface area (Å²) in [4.78, 5) is 3.75. The zero-order chi connectivity index (χ0) is 13.3. The number of sulfonamides is 1. The van der Waals surface area contributed by atoms with Gasteiger partial charge >= 0.3 is 0 Å². The Hall–Kier alpha value is -1.73. The first kappa shape index (κ1) is 12.7. The second-order valence-electron chi connectivity index (χ2n) is 3.65. The number of imidazole rings is 1. The van der Waals surface area contributed by atoms with Crippen LogP contribution in [-0.2, 0) is 17.1 Å². The predicted molar refractivity (Wildman–Crippen MR) is 67.1 cm³/mol. The van der Waals surface area contributed by atoms with E-state index in [1.165, 1.54) is 35.3 Å². The molecule has 2 N–H and O–H groups in total. The largest absolute Gasteiger partial charge is 0.506 e. The van der Waals surface area contributed by atoms with Crippen molar-refractivity contribution in [2.45, 2.75) is 5.03 Å². The summed E-state index contributed by atoms with van der Waals surface area (Å²) in [5, 5.41) is 9.21. The summed E-state index contributed by atoms with van der Waals surface area (Å²) in [6.45, 7) is 0. The molecule has 1 aromatic carbocycles. The zero-order valence-electron chi connectivity index (χ0n) is 9.33. The van der Waals surface area contributed by atoms with Crippen LogP contribution in [0, 0.1) is 0 Å². The molecule has 1 heterocycles. The van der Waals surface area contributed by atoms with Crippen molar-refractivity contribution >= 4 is 27.3 Å². The molecule has 2 rings (SSSR count). The molecule has 8 heteroatoms. The molecule has 0 fully saturated rings. The van der Waals surface area contributed by atoms with Gasteiger partial charge in [-0.2, -0.15) is 8.42 Å². The Balaban J connectivity index is 2.30. The van der Waals surface area contributed by atoms with Crippen LogP contribution in [-0.4, -0.2) is 23.1 Å². The summed E-state index contributed by atoms with van der Waals surface area (Å²) in [6, 6.07) is 4.03. The molecular weight excluding hydrogens is 278 g/mol. The van der Waals surface area contributed by atoms with Crippen molar-refractivity contribution in [2.75, 3.05) is 4.72 Å². The molecule has 0 unspecified atom stereocenters. The van der Waals surface area contributed by atoms with E-state index in [0.29, 0.717) is 0 Å². The first-order chi connectivity index (χ1) is 8.38. The summed E-state index contributed by atoms with van der Waals surface area (Å²) in [5.74, 6) is -0.113. The molecule has 2 aromatic rings. The number of aryl methyl sites for hydroxylation is 1. The van der Waals surface area contributed by atoms with Gasteiger partial charge in [0.2, 0.25) is 0 Å². The minimum absolute atomic E-state index is 0.0659. The maximum atomic E-state index is 11.9. The number of halogens is 1. The van der Waals surface area contributed by atoms with Crippen LogP contribution in [0.2, 0.25) is 5.02 Å². The number of phenols is 1. The molecule has 0 bridgehead atoms. The molecule has 0 saturated carbocycles. The third-order valence-corrected chi connectivity index (χ3v) is 3.73. The number of anilines is 1. The van der Waals surface area contributed by atoms with Crippen LogP contribution >= 0.6 is 11.6 Å². The van der Waals surface area contributed by atoms with Crippen LogP contribution in [0.25, 0.3) is 0 Å². The van der Waals surface area contributed by atoms with Gasteiger partial charge in [0, 0.05) is 13.2 Å². The highest BCUT2D eigenvalue weighted by atomic mass is 35.5. The van der Waals surface area contributed by atoms with Gasteiger partial charge in [-0.05, 0) is 18.2 Å². The van der Waals surface area contributed by atoms with Crippen LogP contribution in [0.4, 0.5) is 5.69 Å².